The van der Waals surface area contributed by atoms with Crippen molar-refractivity contribution in [1.29, 1.82) is 0 Å². The first-order chi connectivity index (χ1) is 7.27. The van der Waals surface area contributed by atoms with E-state index in [4.69, 9.17) is 4.55 Å². The first kappa shape index (κ1) is 15.9. The van der Waals surface area contributed by atoms with E-state index in [1.54, 1.807) is 12.1 Å². The molecule has 0 aliphatic heterocycles. The molecular formula is C11H17MgO3S+2. The Labute approximate surface area is 110 Å². The minimum absolute atomic E-state index is 0.0666. The topological polar surface area (TPSA) is 54.4 Å². The summed E-state index contributed by atoms with van der Waals surface area (Å²) in [6.45, 7) is 6.28. The predicted molar refractivity (Wildman–Crippen MR) is 66.5 cm³/mol. The maximum atomic E-state index is 10.5. The van der Waals surface area contributed by atoms with Gasteiger partial charge in [0.25, 0.3) is 14.2 Å². The number of rotatable bonds is 2. The van der Waals surface area contributed by atoms with Crippen molar-refractivity contribution in [3.8, 4) is 0 Å². The lowest BCUT2D eigenvalue weighted by Crippen LogP contribution is -1.96. The number of aryl methyl sites for hydroxylation is 1. The summed E-state index contributed by atoms with van der Waals surface area (Å²) in [4.78, 5) is -0.0666. The highest BCUT2D eigenvalue weighted by Crippen LogP contribution is 2.08. The maximum absolute atomic E-state index is 10.5. The minimum atomic E-state index is -4.02. The fourth-order valence-corrected chi connectivity index (χ4v) is 1.19. The zero-order valence-corrected chi connectivity index (χ0v) is 12.2. The second kappa shape index (κ2) is 7.27. The molecular weight excluding hydrogens is 236 g/mol. The summed E-state index contributed by atoms with van der Waals surface area (Å²) in [7, 11) is -4.02. The molecule has 1 unspecified atom stereocenters. The molecule has 0 saturated heterocycles. The van der Waals surface area contributed by atoms with Crippen LogP contribution in [0.4, 0.5) is 0 Å². The molecule has 1 N–H and O–H groups in total. The number of hydrogen-bond donors (Lipinski definition) is 1. The van der Waals surface area contributed by atoms with Crippen molar-refractivity contribution in [2.75, 3.05) is 0 Å². The Morgan fingerprint density at radius 3 is 1.94 bits per heavy atom. The molecule has 3 nitrogen and oxygen atoms in total. The van der Waals surface area contributed by atoms with Crippen molar-refractivity contribution in [3.63, 3.8) is 0 Å². The summed E-state index contributed by atoms with van der Waals surface area (Å²) < 4.78 is 30.5. The van der Waals surface area contributed by atoms with Crippen LogP contribution in [0.3, 0.4) is 0 Å². The van der Waals surface area contributed by atoms with Crippen molar-refractivity contribution in [3.05, 3.63) is 29.8 Å². The van der Waals surface area contributed by atoms with E-state index in [1.807, 2.05) is 6.92 Å². The van der Waals surface area contributed by atoms with E-state index in [0.29, 0.717) is 0 Å². The molecule has 0 amide bonds. The normalized spacial score (nSPS) is 12.6. The van der Waals surface area contributed by atoms with Crippen molar-refractivity contribution >= 4 is 31.8 Å². The minimum Gasteiger partial charge on any atom is -0.282 e. The predicted octanol–water partition coefficient (Wildman–Crippen LogP) is 2.62. The van der Waals surface area contributed by atoms with E-state index in [-0.39, 0.29) is 4.90 Å². The van der Waals surface area contributed by atoms with Crippen molar-refractivity contribution in [2.24, 2.45) is 0 Å². The van der Waals surface area contributed by atoms with E-state index >= 15 is 0 Å². The zero-order valence-electron chi connectivity index (χ0n) is 9.97. The van der Waals surface area contributed by atoms with E-state index in [0.717, 1.165) is 9.61 Å². The smallest absolute Gasteiger partial charge is 0.282 e. The van der Waals surface area contributed by atoms with Crippen LogP contribution in [-0.2, 0) is 10.1 Å². The molecule has 16 heavy (non-hydrogen) atoms. The van der Waals surface area contributed by atoms with Gasteiger partial charge in [0.05, 0.1) is 4.90 Å². The van der Waals surface area contributed by atoms with Gasteiger partial charge in [-0.1, -0.05) is 24.6 Å². The summed E-state index contributed by atoms with van der Waals surface area (Å²) in [5.74, 6) is 0. The van der Waals surface area contributed by atoms with Crippen LogP contribution in [0.15, 0.2) is 29.2 Å². The number of hydrogen-bond acceptors (Lipinski definition) is 2. The molecule has 1 atom stereocenters. The Morgan fingerprint density at radius 2 is 1.69 bits per heavy atom. The lowest BCUT2D eigenvalue weighted by molar-refractivity contribution is 0.483. The molecule has 5 heteroatoms. The van der Waals surface area contributed by atoms with Crippen LogP contribution in [0.5, 0.6) is 0 Å². The lowest BCUT2D eigenvalue weighted by atomic mass is 10.2. The number of benzene rings is 1. The summed E-state index contributed by atoms with van der Waals surface area (Å²) in [6.07, 6.45) is 1.32. The third-order valence-electron chi connectivity index (χ3n) is 2.02. The van der Waals surface area contributed by atoms with Crippen LogP contribution in [0, 0.1) is 6.92 Å². The van der Waals surface area contributed by atoms with Gasteiger partial charge in [0, 0.05) is 13.3 Å². The summed E-state index contributed by atoms with van der Waals surface area (Å²) in [5, 5.41) is 0. The lowest BCUT2D eigenvalue weighted by Gasteiger charge is -1.95. The first-order valence-corrected chi connectivity index (χ1v) is 7.40. The molecule has 0 spiro atoms. The molecule has 0 aliphatic rings. The van der Waals surface area contributed by atoms with E-state index < -0.39 is 10.1 Å². The van der Waals surface area contributed by atoms with Gasteiger partial charge in [-0.3, -0.25) is 4.55 Å². The molecule has 0 heterocycles. The highest BCUT2D eigenvalue weighted by atomic mass is 32.2. The summed E-state index contributed by atoms with van der Waals surface area (Å²) >= 11 is 2.05. The molecule has 0 fully saturated rings. The molecule has 85 valence electrons. The molecule has 1 aromatic rings. The van der Waals surface area contributed by atoms with Crippen molar-refractivity contribution in [1.82, 2.24) is 0 Å². The first-order valence-electron chi connectivity index (χ1n) is 5.14. The van der Waals surface area contributed by atoms with Crippen molar-refractivity contribution < 1.29 is 13.0 Å². The Morgan fingerprint density at radius 1 is 1.31 bits per heavy atom. The highest BCUT2D eigenvalue weighted by molar-refractivity contribution is 7.85. The van der Waals surface area contributed by atoms with Crippen LogP contribution >= 0.6 is 0 Å². The third-order valence-corrected chi connectivity index (χ3v) is 3.46. The Hall–Kier alpha value is -0.104. The van der Waals surface area contributed by atoms with E-state index in [9.17, 15) is 8.42 Å². The van der Waals surface area contributed by atoms with E-state index in [1.165, 1.54) is 18.6 Å². The van der Waals surface area contributed by atoms with Gasteiger partial charge in [-0.2, -0.15) is 8.42 Å². The molecule has 7 radical (unpaired) electrons. The SMILES string of the molecule is CC[CH](C)[Mg+2].Cc1ccc(S(=O)(=O)O)cc1. The Balaban J connectivity index is 0.000000385. The fraction of sp³-hybridized carbons (Fsp3) is 0.455. The van der Waals surface area contributed by atoms with Crippen LogP contribution in [0.2, 0.25) is 4.05 Å². The molecule has 0 aromatic heterocycles. The third kappa shape index (κ3) is 7.22. The van der Waals surface area contributed by atoms with Crippen LogP contribution < -0.4 is 0 Å². The van der Waals surface area contributed by atoms with Gasteiger partial charge in [-0.15, -0.1) is 0 Å². The second-order valence-electron chi connectivity index (χ2n) is 3.80. The van der Waals surface area contributed by atoms with Gasteiger partial charge in [0.2, 0.25) is 0 Å². The molecule has 0 bridgehead atoms. The van der Waals surface area contributed by atoms with Gasteiger partial charge in [0.15, 0.2) is 0 Å². The molecule has 1 aromatic carbocycles. The van der Waals surface area contributed by atoms with Gasteiger partial charge >= 0.3 is 21.7 Å². The van der Waals surface area contributed by atoms with Crippen LogP contribution in [0.25, 0.3) is 0 Å². The average Bonchev–Trinajstić information content (AvgIpc) is 2.18. The van der Waals surface area contributed by atoms with E-state index in [2.05, 4.69) is 35.6 Å². The van der Waals surface area contributed by atoms with Gasteiger partial charge in [-0.25, -0.2) is 0 Å². The largest absolute Gasteiger partial charge is 1.42 e. The fourth-order valence-electron chi connectivity index (χ4n) is 0.710. The highest BCUT2D eigenvalue weighted by Gasteiger charge is 2.33. The van der Waals surface area contributed by atoms with Crippen molar-refractivity contribution in [2.45, 2.75) is 36.1 Å². The second-order valence-corrected chi connectivity index (χ2v) is 6.62. The Bertz CT molecular complexity index is 396. The molecule has 0 aliphatic carbocycles. The monoisotopic (exact) mass is 253 g/mol. The molecule has 1 rings (SSSR count). The average molecular weight is 254 g/mol. The summed E-state index contributed by atoms with van der Waals surface area (Å²) in [5.41, 5.74) is 0.956. The standard InChI is InChI=1S/C7H8O3S.C4H9.Mg/c1-6-2-4-7(5-3-6)11(8,9)10;1-3-4-2;/h2-5H,1H3,(H,8,9,10);3H,4H2,1-2H3;/q;;+2. The maximum Gasteiger partial charge on any atom is 1.42 e. The van der Waals surface area contributed by atoms with Crippen LogP contribution in [-0.4, -0.2) is 34.7 Å². The summed E-state index contributed by atoms with van der Waals surface area (Å²) in [6, 6.07) is 5.99. The van der Waals surface area contributed by atoms with Gasteiger partial charge in [0.1, 0.15) is 0 Å². The zero-order chi connectivity index (χ0) is 12.8. The molecule has 0 saturated carbocycles. The van der Waals surface area contributed by atoms with Crippen LogP contribution in [0.1, 0.15) is 25.8 Å². The van der Waals surface area contributed by atoms with Gasteiger partial charge in [-0.05, 0) is 19.1 Å². The van der Waals surface area contributed by atoms with Gasteiger partial charge < -0.3 is 0 Å². The Kier molecular flexibility index (Phi) is 7.22. The quantitative estimate of drug-likeness (QED) is 0.651.